The minimum absolute atomic E-state index is 0.237. The maximum Gasteiger partial charge on any atom is 0.0584 e. The van der Waals surface area contributed by atoms with Gasteiger partial charge in [-0.3, -0.25) is 0 Å². The monoisotopic (exact) mass is 230 g/mol. The van der Waals surface area contributed by atoms with E-state index in [1.807, 2.05) is 0 Å². The Morgan fingerprint density at radius 1 is 1.25 bits per heavy atom. The molecule has 0 spiro atoms. The molecular formula is C13H30N2O. The van der Waals surface area contributed by atoms with Gasteiger partial charge in [-0.1, -0.05) is 20.8 Å². The molecule has 3 nitrogen and oxygen atoms in total. The molecular weight excluding hydrogens is 200 g/mol. The molecule has 0 aromatic heterocycles. The summed E-state index contributed by atoms with van der Waals surface area (Å²) in [4.78, 5) is 2.27. The van der Waals surface area contributed by atoms with Crippen LogP contribution in [0.3, 0.4) is 0 Å². The summed E-state index contributed by atoms with van der Waals surface area (Å²) in [6, 6.07) is 0.249. The van der Waals surface area contributed by atoms with Crippen molar-refractivity contribution >= 4 is 0 Å². The lowest BCUT2D eigenvalue weighted by Gasteiger charge is -2.38. The lowest BCUT2D eigenvalue weighted by molar-refractivity contribution is 0.0954. The highest BCUT2D eigenvalue weighted by Gasteiger charge is 2.28. The van der Waals surface area contributed by atoms with Gasteiger partial charge in [-0.2, -0.15) is 0 Å². The highest BCUT2D eigenvalue weighted by molar-refractivity contribution is 4.83. The van der Waals surface area contributed by atoms with Gasteiger partial charge in [-0.05, 0) is 38.8 Å². The maximum absolute atomic E-state index is 9.17. The first-order valence-corrected chi connectivity index (χ1v) is 6.57. The van der Waals surface area contributed by atoms with Gasteiger partial charge in [0.1, 0.15) is 0 Å². The summed E-state index contributed by atoms with van der Waals surface area (Å²) in [5.74, 6) is 0. The van der Waals surface area contributed by atoms with Crippen LogP contribution >= 0.6 is 0 Å². The van der Waals surface area contributed by atoms with Crippen molar-refractivity contribution in [1.29, 1.82) is 0 Å². The Morgan fingerprint density at radius 3 is 2.19 bits per heavy atom. The zero-order chi connectivity index (χ0) is 12.6. The minimum atomic E-state index is 0.237. The summed E-state index contributed by atoms with van der Waals surface area (Å²) in [6.07, 6.45) is 2.36. The summed E-state index contributed by atoms with van der Waals surface area (Å²) in [7, 11) is 2.10. The van der Waals surface area contributed by atoms with Gasteiger partial charge in [0.2, 0.25) is 0 Å². The first-order valence-electron chi connectivity index (χ1n) is 6.57. The molecule has 2 N–H and O–H groups in total. The van der Waals surface area contributed by atoms with Gasteiger partial charge in [0, 0.05) is 19.1 Å². The van der Waals surface area contributed by atoms with Crippen LogP contribution in [0.25, 0.3) is 0 Å². The second-order valence-electron chi connectivity index (χ2n) is 4.93. The van der Waals surface area contributed by atoms with E-state index in [1.165, 1.54) is 12.8 Å². The van der Waals surface area contributed by atoms with E-state index in [2.05, 4.69) is 45.0 Å². The van der Waals surface area contributed by atoms with Crippen molar-refractivity contribution < 1.29 is 5.11 Å². The van der Waals surface area contributed by atoms with Crippen LogP contribution in [0.4, 0.5) is 0 Å². The molecule has 0 heterocycles. The number of aliphatic hydroxyl groups is 1. The number of hydrogen-bond acceptors (Lipinski definition) is 3. The SMILES string of the molecule is CCNCC(CC)(CC)CN(C)C(C)CO. The first kappa shape index (κ1) is 15.9. The number of aliphatic hydroxyl groups excluding tert-OH is 1. The van der Waals surface area contributed by atoms with Crippen molar-refractivity contribution in [3.63, 3.8) is 0 Å². The van der Waals surface area contributed by atoms with Crippen LogP contribution < -0.4 is 5.32 Å². The first-order chi connectivity index (χ1) is 7.55. The molecule has 0 aliphatic carbocycles. The molecule has 0 aliphatic rings. The summed E-state index contributed by atoms with van der Waals surface area (Å²) < 4.78 is 0. The number of hydrogen-bond donors (Lipinski definition) is 2. The van der Waals surface area contributed by atoms with Crippen LogP contribution in [0.2, 0.25) is 0 Å². The molecule has 0 saturated heterocycles. The van der Waals surface area contributed by atoms with Crippen molar-refractivity contribution in [3.05, 3.63) is 0 Å². The highest BCUT2D eigenvalue weighted by Crippen LogP contribution is 2.27. The molecule has 0 aromatic rings. The largest absolute Gasteiger partial charge is 0.395 e. The molecule has 0 radical (unpaired) electrons. The van der Waals surface area contributed by atoms with Gasteiger partial charge < -0.3 is 15.3 Å². The van der Waals surface area contributed by atoms with E-state index in [-0.39, 0.29) is 12.6 Å². The van der Waals surface area contributed by atoms with E-state index in [1.54, 1.807) is 0 Å². The standard InChI is InChI=1S/C13H30N2O/c1-6-13(7-2,10-14-8-3)11-15(5)12(4)9-16/h12,14,16H,6-11H2,1-5H3. The Bertz CT molecular complexity index is 169. The topological polar surface area (TPSA) is 35.5 Å². The Morgan fingerprint density at radius 2 is 1.81 bits per heavy atom. The Balaban J connectivity index is 4.40. The Kier molecular flexibility index (Phi) is 7.98. The number of nitrogens with zero attached hydrogens (tertiary/aromatic N) is 1. The van der Waals surface area contributed by atoms with Gasteiger partial charge in [-0.25, -0.2) is 0 Å². The zero-order valence-electron chi connectivity index (χ0n) is 11.7. The molecule has 0 saturated carbocycles. The average Bonchev–Trinajstić information content (AvgIpc) is 2.33. The van der Waals surface area contributed by atoms with Gasteiger partial charge >= 0.3 is 0 Å². The van der Waals surface area contributed by atoms with E-state index in [4.69, 9.17) is 5.11 Å². The molecule has 0 aromatic carbocycles. The third-order valence-electron chi connectivity index (χ3n) is 3.85. The minimum Gasteiger partial charge on any atom is -0.395 e. The normalized spacial score (nSPS) is 14.4. The van der Waals surface area contributed by atoms with Crippen LogP contribution in [0.15, 0.2) is 0 Å². The number of likely N-dealkylation sites (N-methyl/N-ethyl adjacent to an activating group) is 1. The summed E-state index contributed by atoms with van der Waals surface area (Å²) in [6.45, 7) is 12.1. The second kappa shape index (κ2) is 8.04. The Labute approximate surface area is 101 Å². The van der Waals surface area contributed by atoms with E-state index in [9.17, 15) is 0 Å². The lowest BCUT2D eigenvalue weighted by atomic mass is 9.81. The molecule has 0 aliphatic heterocycles. The van der Waals surface area contributed by atoms with Crippen molar-refractivity contribution in [3.8, 4) is 0 Å². The molecule has 3 heteroatoms. The zero-order valence-corrected chi connectivity index (χ0v) is 11.7. The molecule has 1 atom stereocenters. The van der Waals surface area contributed by atoms with Crippen LogP contribution in [0.1, 0.15) is 40.5 Å². The van der Waals surface area contributed by atoms with Gasteiger partial charge in [0.05, 0.1) is 6.61 Å². The van der Waals surface area contributed by atoms with Gasteiger partial charge in [-0.15, -0.1) is 0 Å². The third kappa shape index (κ3) is 4.81. The third-order valence-corrected chi connectivity index (χ3v) is 3.85. The molecule has 0 amide bonds. The molecule has 0 bridgehead atoms. The molecule has 0 rings (SSSR count). The molecule has 1 unspecified atom stereocenters. The second-order valence-corrected chi connectivity index (χ2v) is 4.93. The van der Waals surface area contributed by atoms with E-state index < -0.39 is 0 Å². The Hall–Kier alpha value is -0.120. The number of nitrogens with one attached hydrogen (secondary N) is 1. The highest BCUT2D eigenvalue weighted by atomic mass is 16.3. The van der Waals surface area contributed by atoms with Gasteiger partial charge in [0.15, 0.2) is 0 Å². The van der Waals surface area contributed by atoms with E-state index >= 15 is 0 Å². The summed E-state index contributed by atoms with van der Waals surface area (Å²) in [5.41, 5.74) is 0.341. The van der Waals surface area contributed by atoms with Crippen molar-refractivity contribution in [2.24, 2.45) is 5.41 Å². The van der Waals surface area contributed by atoms with Gasteiger partial charge in [0.25, 0.3) is 0 Å². The quantitative estimate of drug-likeness (QED) is 0.633. The lowest BCUT2D eigenvalue weighted by Crippen LogP contribution is -2.45. The average molecular weight is 230 g/mol. The van der Waals surface area contributed by atoms with E-state index in [0.717, 1.165) is 19.6 Å². The van der Waals surface area contributed by atoms with Crippen LogP contribution in [-0.2, 0) is 0 Å². The fraction of sp³-hybridized carbons (Fsp3) is 1.00. The number of rotatable bonds is 9. The molecule has 98 valence electrons. The van der Waals surface area contributed by atoms with E-state index in [0.29, 0.717) is 5.41 Å². The van der Waals surface area contributed by atoms with Crippen LogP contribution in [0.5, 0.6) is 0 Å². The van der Waals surface area contributed by atoms with Crippen LogP contribution in [0, 0.1) is 5.41 Å². The predicted molar refractivity (Wildman–Crippen MR) is 70.7 cm³/mol. The van der Waals surface area contributed by atoms with Crippen molar-refractivity contribution in [2.75, 3.05) is 33.3 Å². The van der Waals surface area contributed by atoms with Crippen molar-refractivity contribution in [1.82, 2.24) is 10.2 Å². The maximum atomic E-state index is 9.17. The fourth-order valence-corrected chi connectivity index (χ4v) is 1.99. The summed E-state index contributed by atoms with van der Waals surface area (Å²) >= 11 is 0. The fourth-order valence-electron chi connectivity index (χ4n) is 1.99. The molecule has 16 heavy (non-hydrogen) atoms. The molecule has 0 fully saturated rings. The predicted octanol–water partition coefficient (Wildman–Crippen LogP) is 1.71. The van der Waals surface area contributed by atoms with Crippen molar-refractivity contribution in [2.45, 2.75) is 46.6 Å². The summed E-state index contributed by atoms with van der Waals surface area (Å²) in [5, 5.41) is 12.6. The smallest absolute Gasteiger partial charge is 0.0584 e. The van der Waals surface area contributed by atoms with Crippen LogP contribution in [-0.4, -0.2) is 49.3 Å².